The number of ether oxygens (including phenoxy) is 3. The summed E-state index contributed by atoms with van der Waals surface area (Å²) in [5, 5.41) is 0. The molecule has 0 aliphatic heterocycles. The predicted molar refractivity (Wildman–Crippen MR) is 104 cm³/mol. The second kappa shape index (κ2) is 9.64. The van der Waals surface area contributed by atoms with Gasteiger partial charge in [0.15, 0.2) is 23.9 Å². The zero-order valence-corrected chi connectivity index (χ0v) is 17.1. The molecule has 26 heavy (non-hydrogen) atoms. The van der Waals surface area contributed by atoms with Gasteiger partial charge in [0.05, 0.1) is 20.0 Å². The van der Waals surface area contributed by atoms with Crippen molar-refractivity contribution in [3.8, 4) is 11.5 Å². The van der Waals surface area contributed by atoms with Crippen molar-refractivity contribution in [3.05, 3.63) is 52.0 Å². The Morgan fingerprint density at radius 1 is 1.04 bits per heavy atom. The van der Waals surface area contributed by atoms with Crippen LogP contribution in [0.3, 0.4) is 0 Å². The topological polar surface area (TPSA) is 61.8 Å². The molecule has 0 N–H and O–H groups in total. The summed E-state index contributed by atoms with van der Waals surface area (Å²) in [6.07, 6.45) is 0. The standard InChI is InChI=1S/C19H19BrO5S/c1-12-8-14(20)5-7-18(12)26-11-19(22)25-10-15(21)13-4-6-16(23-2)17(9-13)24-3/h4-9H,10-11H2,1-3H3. The number of esters is 1. The van der Waals surface area contributed by atoms with E-state index in [1.54, 1.807) is 18.2 Å². The number of carbonyl (C=O) groups excluding carboxylic acids is 2. The summed E-state index contributed by atoms with van der Waals surface area (Å²) < 4.78 is 16.4. The first kappa shape index (κ1) is 20.3. The van der Waals surface area contributed by atoms with Crippen LogP contribution in [0, 0.1) is 6.92 Å². The van der Waals surface area contributed by atoms with Crippen LogP contribution >= 0.6 is 27.7 Å². The van der Waals surface area contributed by atoms with E-state index in [4.69, 9.17) is 14.2 Å². The number of hydrogen-bond donors (Lipinski definition) is 0. The lowest BCUT2D eigenvalue weighted by atomic mass is 10.1. The third kappa shape index (κ3) is 5.51. The normalized spacial score (nSPS) is 10.3. The quantitative estimate of drug-likeness (QED) is 0.348. The molecule has 0 heterocycles. The highest BCUT2D eigenvalue weighted by Crippen LogP contribution is 2.28. The number of thioether (sulfide) groups is 1. The highest BCUT2D eigenvalue weighted by Gasteiger charge is 2.14. The summed E-state index contributed by atoms with van der Waals surface area (Å²) in [5.74, 6) is 0.380. The van der Waals surface area contributed by atoms with Gasteiger partial charge in [-0.3, -0.25) is 9.59 Å². The highest BCUT2D eigenvalue weighted by atomic mass is 79.9. The number of benzene rings is 2. The molecule has 0 fully saturated rings. The molecule has 0 saturated carbocycles. The fourth-order valence-electron chi connectivity index (χ4n) is 2.19. The Morgan fingerprint density at radius 2 is 1.77 bits per heavy atom. The molecule has 0 aliphatic rings. The molecule has 2 rings (SSSR count). The van der Waals surface area contributed by atoms with Gasteiger partial charge < -0.3 is 14.2 Å². The van der Waals surface area contributed by atoms with Gasteiger partial charge in [-0.2, -0.15) is 0 Å². The number of hydrogen-bond acceptors (Lipinski definition) is 6. The molecule has 0 aliphatic carbocycles. The molecule has 2 aromatic rings. The Balaban J connectivity index is 1.87. The van der Waals surface area contributed by atoms with Crippen molar-refractivity contribution in [2.75, 3.05) is 26.6 Å². The molecule has 0 bridgehead atoms. The molecule has 5 nitrogen and oxygen atoms in total. The maximum absolute atomic E-state index is 12.2. The molecular formula is C19H19BrO5S. The average Bonchev–Trinajstić information content (AvgIpc) is 2.64. The molecular weight excluding hydrogens is 420 g/mol. The van der Waals surface area contributed by atoms with Crippen molar-refractivity contribution in [1.82, 2.24) is 0 Å². The number of ketones is 1. The van der Waals surface area contributed by atoms with Crippen LogP contribution in [-0.2, 0) is 9.53 Å². The predicted octanol–water partition coefficient (Wildman–Crippen LogP) is 4.29. The summed E-state index contributed by atoms with van der Waals surface area (Å²) in [4.78, 5) is 25.1. The molecule has 0 unspecified atom stereocenters. The lowest BCUT2D eigenvalue weighted by Gasteiger charge is -2.09. The Hall–Kier alpha value is -1.99. The second-order valence-electron chi connectivity index (χ2n) is 5.35. The Labute approximate surface area is 165 Å². The zero-order valence-electron chi connectivity index (χ0n) is 14.7. The van der Waals surface area contributed by atoms with Crippen molar-refractivity contribution in [2.24, 2.45) is 0 Å². The average molecular weight is 439 g/mol. The van der Waals surface area contributed by atoms with E-state index in [1.165, 1.54) is 26.0 Å². The van der Waals surface area contributed by atoms with Crippen molar-refractivity contribution in [2.45, 2.75) is 11.8 Å². The lowest BCUT2D eigenvalue weighted by Crippen LogP contribution is -2.15. The second-order valence-corrected chi connectivity index (χ2v) is 7.28. The minimum absolute atomic E-state index is 0.141. The Kier molecular flexibility index (Phi) is 7.53. The van der Waals surface area contributed by atoms with Crippen molar-refractivity contribution < 1.29 is 23.8 Å². The van der Waals surface area contributed by atoms with Crippen LogP contribution in [0.15, 0.2) is 45.8 Å². The molecule has 0 radical (unpaired) electrons. The van der Waals surface area contributed by atoms with Gasteiger partial charge in [0.1, 0.15) is 0 Å². The molecule has 0 spiro atoms. The first-order chi connectivity index (χ1) is 12.4. The monoisotopic (exact) mass is 438 g/mol. The third-order valence-electron chi connectivity index (χ3n) is 3.55. The van der Waals surface area contributed by atoms with Gasteiger partial charge in [-0.25, -0.2) is 0 Å². The molecule has 2 aromatic carbocycles. The van der Waals surface area contributed by atoms with E-state index >= 15 is 0 Å². The van der Waals surface area contributed by atoms with Crippen molar-refractivity contribution in [1.29, 1.82) is 0 Å². The largest absolute Gasteiger partial charge is 0.493 e. The van der Waals surface area contributed by atoms with Crippen LogP contribution in [0.4, 0.5) is 0 Å². The van der Waals surface area contributed by atoms with Gasteiger partial charge in [-0.15, -0.1) is 11.8 Å². The first-order valence-corrected chi connectivity index (χ1v) is 9.52. The van der Waals surface area contributed by atoms with Crippen LogP contribution in [0.1, 0.15) is 15.9 Å². The number of Topliss-reactive ketones (excluding diaryl/α,β-unsaturated/α-hetero) is 1. The fraction of sp³-hybridized carbons (Fsp3) is 0.263. The lowest BCUT2D eigenvalue weighted by molar-refractivity contribution is -0.139. The molecule has 138 valence electrons. The number of carbonyl (C=O) groups is 2. The summed E-state index contributed by atoms with van der Waals surface area (Å²) in [7, 11) is 3.01. The van der Waals surface area contributed by atoms with E-state index in [0.717, 1.165) is 14.9 Å². The molecule has 0 saturated heterocycles. The van der Waals surface area contributed by atoms with E-state index in [2.05, 4.69) is 15.9 Å². The molecule has 0 aromatic heterocycles. The molecule has 7 heteroatoms. The summed E-state index contributed by atoms with van der Waals surface area (Å²) in [5.41, 5.74) is 1.46. The molecule has 0 atom stereocenters. The summed E-state index contributed by atoms with van der Waals surface area (Å²) in [6, 6.07) is 10.6. The van der Waals surface area contributed by atoms with Crippen molar-refractivity contribution >= 4 is 39.4 Å². The van der Waals surface area contributed by atoms with Crippen LogP contribution < -0.4 is 9.47 Å². The maximum atomic E-state index is 12.2. The van der Waals surface area contributed by atoms with Gasteiger partial charge in [0.25, 0.3) is 0 Å². The van der Waals surface area contributed by atoms with Gasteiger partial charge in [-0.05, 0) is 48.9 Å². The maximum Gasteiger partial charge on any atom is 0.316 e. The summed E-state index contributed by atoms with van der Waals surface area (Å²) in [6.45, 7) is 1.66. The fourth-order valence-corrected chi connectivity index (χ4v) is 3.48. The van der Waals surface area contributed by atoms with Crippen LogP contribution in [0.2, 0.25) is 0 Å². The number of halogens is 1. The van der Waals surface area contributed by atoms with E-state index in [1.807, 2.05) is 25.1 Å². The van der Waals surface area contributed by atoms with E-state index in [-0.39, 0.29) is 18.1 Å². The van der Waals surface area contributed by atoms with Gasteiger partial charge >= 0.3 is 5.97 Å². The van der Waals surface area contributed by atoms with Gasteiger partial charge in [-0.1, -0.05) is 15.9 Å². The smallest absolute Gasteiger partial charge is 0.316 e. The number of methoxy groups -OCH3 is 2. The minimum atomic E-state index is -0.439. The van der Waals surface area contributed by atoms with E-state index < -0.39 is 5.97 Å². The highest BCUT2D eigenvalue weighted by molar-refractivity contribution is 9.10. The first-order valence-electron chi connectivity index (χ1n) is 7.74. The van der Waals surface area contributed by atoms with E-state index in [0.29, 0.717) is 17.1 Å². The Bertz CT molecular complexity index is 807. The van der Waals surface area contributed by atoms with Crippen LogP contribution in [-0.4, -0.2) is 38.3 Å². The number of aryl methyl sites for hydroxylation is 1. The van der Waals surface area contributed by atoms with E-state index in [9.17, 15) is 9.59 Å². The zero-order chi connectivity index (χ0) is 19.1. The van der Waals surface area contributed by atoms with Crippen LogP contribution in [0.5, 0.6) is 11.5 Å². The third-order valence-corrected chi connectivity index (χ3v) is 5.19. The Morgan fingerprint density at radius 3 is 2.42 bits per heavy atom. The number of rotatable bonds is 8. The van der Waals surface area contributed by atoms with Gasteiger partial charge in [0.2, 0.25) is 0 Å². The molecule has 0 amide bonds. The van der Waals surface area contributed by atoms with Gasteiger partial charge in [0, 0.05) is 14.9 Å². The summed E-state index contributed by atoms with van der Waals surface area (Å²) >= 11 is 4.78. The minimum Gasteiger partial charge on any atom is -0.493 e. The van der Waals surface area contributed by atoms with Crippen molar-refractivity contribution in [3.63, 3.8) is 0 Å². The SMILES string of the molecule is COc1ccc(C(=O)COC(=O)CSc2ccc(Br)cc2C)cc1OC. The van der Waals surface area contributed by atoms with Crippen LogP contribution in [0.25, 0.3) is 0 Å².